The van der Waals surface area contributed by atoms with Crippen molar-refractivity contribution in [2.24, 2.45) is 0 Å². The number of pyridine rings is 1. The zero-order valence-electron chi connectivity index (χ0n) is 16.6. The number of nitrogens with one attached hydrogen (secondary N) is 2. The minimum absolute atomic E-state index is 0.205. The number of ether oxygens (including phenoxy) is 2. The van der Waals surface area contributed by atoms with Gasteiger partial charge >= 0.3 is 6.03 Å². The Morgan fingerprint density at radius 3 is 2.61 bits per heavy atom. The molecule has 1 heterocycles. The highest BCUT2D eigenvalue weighted by Crippen LogP contribution is 2.33. The van der Waals surface area contributed by atoms with E-state index in [2.05, 4.69) is 15.6 Å². The molecule has 0 spiro atoms. The summed E-state index contributed by atoms with van der Waals surface area (Å²) < 4.78 is 11.5. The van der Waals surface area contributed by atoms with E-state index in [9.17, 15) is 4.79 Å². The van der Waals surface area contributed by atoms with Crippen molar-refractivity contribution in [1.82, 2.24) is 10.3 Å². The quantitative estimate of drug-likeness (QED) is 0.619. The fourth-order valence-corrected chi connectivity index (χ4v) is 2.94. The molecule has 0 bridgehead atoms. The molecular weight excluding hydrogens is 354 g/mol. The number of hydrogen-bond acceptors (Lipinski definition) is 4. The topological polar surface area (TPSA) is 72.5 Å². The lowest BCUT2D eigenvalue weighted by molar-refractivity contribution is 0.252. The van der Waals surface area contributed by atoms with Crippen LogP contribution in [0.3, 0.4) is 0 Å². The van der Waals surface area contributed by atoms with Crippen molar-refractivity contribution < 1.29 is 14.3 Å². The van der Waals surface area contributed by atoms with Crippen LogP contribution in [0.1, 0.15) is 24.5 Å². The van der Waals surface area contributed by atoms with Gasteiger partial charge in [0.25, 0.3) is 0 Å². The first-order valence-corrected chi connectivity index (χ1v) is 9.28. The summed E-state index contributed by atoms with van der Waals surface area (Å²) >= 11 is 0. The maximum absolute atomic E-state index is 11.9. The first-order valence-electron chi connectivity index (χ1n) is 9.28. The number of methoxy groups -OCH3 is 1. The van der Waals surface area contributed by atoms with Gasteiger partial charge in [0.1, 0.15) is 17.2 Å². The van der Waals surface area contributed by atoms with Gasteiger partial charge in [0, 0.05) is 29.9 Å². The number of aryl methyl sites for hydroxylation is 2. The number of hydrogen-bond donors (Lipinski definition) is 2. The zero-order valence-corrected chi connectivity index (χ0v) is 16.6. The van der Waals surface area contributed by atoms with Crippen LogP contribution in [-0.4, -0.2) is 24.7 Å². The summed E-state index contributed by atoms with van der Waals surface area (Å²) in [7, 11) is 1.65. The van der Waals surface area contributed by atoms with Gasteiger partial charge in [-0.3, -0.25) is 4.98 Å². The van der Waals surface area contributed by atoms with Gasteiger partial charge in [-0.05, 0) is 61.7 Å². The van der Waals surface area contributed by atoms with E-state index in [-0.39, 0.29) is 6.03 Å². The second-order valence-electron chi connectivity index (χ2n) is 6.61. The summed E-state index contributed by atoms with van der Waals surface area (Å²) in [6, 6.07) is 11.1. The van der Waals surface area contributed by atoms with Gasteiger partial charge in [0.2, 0.25) is 0 Å². The Labute approximate surface area is 164 Å². The highest BCUT2D eigenvalue weighted by molar-refractivity contribution is 5.90. The molecule has 3 rings (SSSR count). The lowest BCUT2D eigenvalue weighted by Gasteiger charge is -2.13. The number of carbonyl (C=O) groups is 1. The SMILES string of the molecule is CCCNC(=O)Nc1ccc(Oc2ccnc3cc(OC)c(C)cc23)cc1C. The van der Waals surface area contributed by atoms with Gasteiger partial charge in [0.05, 0.1) is 12.6 Å². The van der Waals surface area contributed by atoms with Gasteiger partial charge in [-0.1, -0.05) is 6.92 Å². The van der Waals surface area contributed by atoms with Crippen LogP contribution in [0, 0.1) is 13.8 Å². The van der Waals surface area contributed by atoms with E-state index < -0.39 is 0 Å². The first-order chi connectivity index (χ1) is 13.5. The summed E-state index contributed by atoms with van der Waals surface area (Å²) in [6.07, 6.45) is 2.61. The predicted octanol–water partition coefficient (Wildman–Crippen LogP) is 5.18. The molecule has 0 aliphatic carbocycles. The Bertz CT molecular complexity index is 1000. The molecule has 0 aliphatic heterocycles. The molecule has 1 aromatic heterocycles. The molecule has 3 aromatic rings. The maximum atomic E-state index is 11.9. The van der Waals surface area contributed by atoms with Crippen LogP contribution in [0.5, 0.6) is 17.2 Å². The molecule has 0 saturated heterocycles. The molecule has 146 valence electrons. The molecule has 2 N–H and O–H groups in total. The molecule has 6 nitrogen and oxygen atoms in total. The van der Waals surface area contributed by atoms with E-state index in [0.29, 0.717) is 12.3 Å². The number of benzene rings is 2. The number of rotatable bonds is 6. The highest BCUT2D eigenvalue weighted by Gasteiger charge is 2.10. The molecular formula is C22H25N3O3. The highest BCUT2D eigenvalue weighted by atomic mass is 16.5. The smallest absolute Gasteiger partial charge is 0.319 e. The van der Waals surface area contributed by atoms with Crippen LogP contribution in [-0.2, 0) is 0 Å². The van der Waals surface area contributed by atoms with Gasteiger partial charge in [-0.25, -0.2) is 4.79 Å². The molecule has 6 heteroatoms. The van der Waals surface area contributed by atoms with Crippen molar-refractivity contribution in [3.8, 4) is 17.2 Å². The molecule has 0 radical (unpaired) electrons. The number of nitrogens with zero attached hydrogens (tertiary/aromatic N) is 1. The van der Waals surface area contributed by atoms with E-state index >= 15 is 0 Å². The van der Waals surface area contributed by atoms with Crippen LogP contribution in [0.25, 0.3) is 10.9 Å². The van der Waals surface area contributed by atoms with Gasteiger partial charge in [-0.15, -0.1) is 0 Å². The fraction of sp³-hybridized carbons (Fsp3) is 0.273. The van der Waals surface area contributed by atoms with E-state index in [0.717, 1.165) is 45.6 Å². The molecule has 0 saturated carbocycles. The third-order valence-corrected chi connectivity index (χ3v) is 4.43. The summed E-state index contributed by atoms with van der Waals surface area (Å²) in [5.74, 6) is 2.21. The van der Waals surface area contributed by atoms with Gasteiger partial charge in [0.15, 0.2) is 0 Å². The normalized spacial score (nSPS) is 10.6. The molecule has 0 fully saturated rings. The Kier molecular flexibility index (Phi) is 5.99. The van der Waals surface area contributed by atoms with E-state index in [4.69, 9.17) is 9.47 Å². The number of urea groups is 1. The fourth-order valence-electron chi connectivity index (χ4n) is 2.94. The largest absolute Gasteiger partial charge is 0.496 e. The molecule has 28 heavy (non-hydrogen) atoms. The van der Waals surface area contributed by atoms with Crippen LogP contribution < -0.4 is 20.1 Å². The van der Waals surface area contributed by atoms with Crippen molar-refractivity contribution in [3.63, 3.8) is 0 Å². The summed E-state index contributed by atoms with van der Waals surface area (Å²) in [5, 5.41) is 6.57. The maximum Gasteiger partial charge on any atom is 0.319 e. The Balaban J connectivity index is 1.83. The third kappa shape index (κ3) is 4.34. The second kappa shape index (κ2) is 8.61. The Morgan fingerprint density at radius 1 is 1.07 bits per heavy atom. The predicted molar refractivity (Wildman–Crippen MR) is 112 cm³/mol. The number of amides is 2. The van der Waals surface area contributed by atoms with E-state index in [1.807, 2.05) is 57.2 Å². The van der Waals surface area contributed by atoms with Crippen molar-refractivity contribution in [2.45, 2.75) is 27.2 Å². The average Bonchev–Trinajstić information content (AvgIpc) is 2.68. The third-order valence-electron chi connectivity index (χ3n) is 4.43. The van der Waals surface area contributed by atoms with Crippen molar-refractivity contribution in [2.75, 3.05) is 19.0 Å². The molecule has 0 aliphatic rings. The number of carbonyl (C=O) groups excluding carboxylic acids is 1. The Morgan fingerprint density at radius 2 is 1.89 bits per heavy atom. The van der Waals surface area contributed by atoms with Crippen molar-refractivity contribution >= 4 is 22.6 Å². The summed E-state index contributed by atoms with van der Waals surface area (Å²) in [5.41, 5.74) is 3.49. The lowest BCUT2D eigenvalue weighted by Crippen LogP contribution is -2.29. The monoisotopic (exact) mass is 379 g/mol. The van der Waals surface area contributed by atoms with Gasteiger partial charge in [-0.2, -0.15) is 0 Å². The number of fused-ring (bicyclic) bond motifs is 1. The second-order valence-corrected chi connectivity index (χ2v) is 6.61. The lowest BCUT2D eigenvalue weighted by atomic mass is 10.1. The standard InChI is InChI=1S/C22H25N3O3/c1-5-9-24-22(26)25-18-7-6-16(11-14(18)2)28-20-8-10-23-19-13-21(27-4)15(3)12-17(19)20/h6-8,10-13H,5,9H2,1-4H3,(H2,24,25,26). The minimum Gasteiger partial charge on any atom is -0.496 e. The van der Waals surface area contributed by atoms with E-state index in [1.54, 1.807) is 13.3 Å². The Hall–Kier alpha value is -3.28. The molecule has 0 unspecified atom stereocenters. The van der Waals surface area contributed by atoms with Crippen molar-refractivity contribution in [1.29, 1.82) is 0 Å². The first kappa shape index (κ1) is 19.5. The van der Waals surface area contributed by atoms with Gasteiger partial charge < -0.3 is 20.1 Å². The zero-order chi connectivity index (χ0) is 20.1. The summed E-state index contributed by atoms with van der Waals surface area (Å²) in [4.78, 5) is 16.3. The average molecular weight is 379 g/mol. The van der Waals surface area contributed by atoms with Crippen LogP contribution in [0.15, 0.2) is 42.6 Å². The number of aromatic nitrogens is 1. The molecule has 0 atom stereocenters. The van der Waals surface area contributed by atoms with Crippen molar-refractivity contribution in [3.05, 3.63) is 53.7 Å². The van der Waals surface area contributed by atoms with Crippen LogP contribution in [0.2, 0.25) is 0 Å². The van der Waals surface area contributed by atoms with E-state index in [1.165, 1.54) is 0 Å². The molecule has 2 aromatic carbocycles. The molecule has 2 amide bonds. The minimum atomic E-state index is -0.205. The summed E-state index contributed by atoms with van der Waals surface area (Å²) in [6.45, 7) is 6.58. The van der Waals surface area contributed by atoms with Crippen LogP contribution >= 0.6 is 0 Å². The van der Waals surface area contributed by atoms with Crippen LogP contribution in [0.4, 0.5) is 10.5 Å². The number of anilines is 1.